The maximum Gasteiger partial charge on any atom is 0.140 e. The molecule has 0 aliphatic heterocycles. The number of carbonyl (C=O) groups is 1. The predicted molar refractivity (Wildman–Crippen MR) is 39.6 cm³/mol. The monoisotopic (exact) mass is 134 g/mol. The van der Waals surface area contributed by atoms with Gasteiger partial charge in [-0.1, -0.05) is 23.8 Å². The molecule has 0 spiro atoms. The molecule has 1 unspecified atom stereocenters. The van der Waals surface area contributed by atoms with E-state index in [0.717, 1.165) is 19.3 Å². The van der Waals surface area contributed by atoms with Gasteiger partial charge >= 0.3 is 0 Å². The third kappa shape index (κ3) is 0.737. The van der Waals surface area contributed by atoms with E-state index in [9.17, 15) is 4.79 Å². The van der Waals surface area contributed by atoms with Gasteiger partial charge in [0.2, 0.25) is 0 Å². The lowest BCUT2D eigenvalue weighted by Gasteiger charge is -2.09. The fraction of sp³-hybridized carbons (Fsp3) is 0.444. The van der Waals surface area contributed by atoms with Crippen LogP contribution in [0.3, 0.4) is 0 Å². The zero-order valence-corrected chi connectivity index (χ0v) is 5.84. The smallest absolute Gasteiger partial charge is 0.140 e. The maximum atomic E-state index is 11.1. The molecule has 2 aliphatic carbocycles. The molecule has 0 saturated heterocycles. The lowest BCUT2D eigenvalue weighted by molar-refractivity contribution is -0.120. The Balaban J connectivity index is 2.31. The van der Waals surface area contributed by atoms with E-state index in [4.69, 9.17) is 0 Å². The minimum Gasteiger partial charge on any atom is -0.299 e. The Morgan fingerprint density at radius 1 is 1.40 bits per heavy atom. The Labute approximate surface area is 60.4 Å². The van der Waals surface area contributed by atoms with Crippen LogP contribution in [-0.2, 0) is 4.79 Å². The van der Waals surface area contributed by atoms with Crippen LogP contribution in [0.25, 0.3) is 0 Å². The van der Waals surface area contributed by atoms with Gasteiger partial charge in [-0.15, -0.1) is 0 Å². The molecular formula is C9H10O. The van der Waals surface area contributed by atoms with Crippen molar-refractivity contribution in [2.45, 2.75) is 19.3 Å². The van der Waals surface area contributed by atoms with Crippen LogP contribution in [0.5, 0.6) is 0 Å². The Morgan fingerprint density at radius 3 is 3.10 bits per heavy atom. The van der Waals surface area contributed by atoms with Gasteiger partial charge in [-0.3, -0.25) is 4.79 Å². The van der Waals surface area contributed by atoms with E-state index in [1.54, 1.807) is 0 Å². The third-order valence-corrected chi connectivity index (χ3v) is 2.31. The van der Waals surface area contributed by atoms with E-state index < -0.39 is 0 Å². The van der Waals surface area contributed by atoms with Gasteiger partial charge in [0, 0.05) is 12.3 Å². The second-order valence-corrected chi connectivity index (χ2v) is 2.92. The highest BCUT2D eigenvalue weighted by Crippen LogP contribution is 2.32. The Hall–Kier alpha value is -0.850. The molecule has 52 valence electrons. The van der Waals surface area contributed by atoms with Crippen molar-refractivity contribution in [3.05, 3.63) is 23.8 Å². The summed E-state index contributed by atoms with van der Waals surface area (Å²) in [5.74, 6) is 0.709. The Morgan fingerprint density at radius 2 is 2.30 bits per heavy atom. The lowest BCUT2D eigenvalue weighted by atomic mass is 9.94. The second kappa shape index (κ2) is 2.08. The molecule has 0 radical (unpaired) electrons. The Bertz CT molecular complexity index is 223. The number of hydrogen-bond donors (Lipinski definition) is 0. The van der Waals surface area contributed by atoms with Gasteiger partial charge < -0.3 is 0 Å². The van der Waals surface area contributed by atoms with Crippen molar-refractivity contribution in [2.75, 3.05) is 0 Å². The van der Waals surface area contributed by atoms with Gasteiger partial charge in [-0.2, -0.15) is 0 Å². The topological polar surface area (TPSA) is 17.1 Å². The summed E-state index contributed by atoms with van der Waals surface area (Å²) in [6, 6.07) is 0. The fourth-order valence-electron chi connectivity index (χ4n) is 1.71. The zero-order chi connectivity index (χ0) is 6.97. The predicted octanol–water partition coefficient (Wildman–Crippen LogP) is 1.85. The molecule has 2 rings (SSSR count). The van der Waals surface area contributed by atoms with Crippen molar-refractivity contribution >= 4 is 5.78 Å². The summed E-state index contributed by atoms with van der Waals surface area (Å²) in [6.45, 7) is 0. The highest BCUT2D eigenvalue weighted by molar-refractivity contribution is 5.87. The Kier molecular flexibility index (Phi) is 1.23. The molecule has 0 heterocycles. The molecule has 1 atom stereocenters. The number of rotatable bonds is 0. The third-order valence-electron chi connectivity index (χ3n) is 2.31. The molecule has 10 heavy (non-hydrogen) atoms. The molecule has 0 aromatic heterocycles. The number of Topliss-reactive ketones (excluding diaryl/α,β-unsaturated/α-hetero) is 1. The van der Waals surface area contributed by atoms with Crippen LogP contribution in [0.1, 0.15) is 19.3 Å². The van der Waals surface area contributed by atoms with Crippen LogP contribution in [-0.4, -0.2) is 5.78 Å². The molecular weight excluding hydrogens is 124 g/mol. The van der Waals surface area contributed by atoms with Gasteiger partial charge in [0.25, 0.3) is 0 Å². The highest BCUT2D eigenvalue weighted by atomic mass is 16.1. The molecule has 1 heteroatoms. The lowest BCUT2D eigenvalue weighted by Crippen LogP contribution is -2.07. The first-order valence-electron chi connectivity index (χ1n) is 3.76. The van der Waals surface area contributed by atoms with E-state index in [0.29, 0.717) is 5.78 Å². The molecule has 0 N–H and O–H groups in total. The van der Waals surface area contributed by atoms with Crippen molar-refractivity contribution < 1.29 is 4.79 Å². The molecule has 2 aliphatic rings. The van der Waals surface area contributed by atoms with Crippen LogP contribution in [0.4, 0.5) is 0 Å². The highest BCUT2D eigenvalue weighted by Gasteiger charge is 2.28. The first-order valence-corrected chi connectivity index (χ1v) is 3.76. The van der Waals surface area contributed by atoms with E-state index in [1.807, 2.05) is 0 Å². The number of fused-ring (bicyclic) bond motifs is 1. The van der Waals surface area contributed by atoms with E-state index in [1.165, 1.54) is 5.57 Å². The average Bonchev–Trinajstić information content (AvgIpc) is 2.34. The van der Waals surface area contributed by atoms with Gasteiger partial charge in [0.1, 0.15) is 5.78 Å². The quantitative estimate of drug-likeness (QED) is 0.494. The first-order chi connectivity index (χ1) is 4.88. The van der Waals surface area contributed by atoms with Crippen molar-refractivity contribution in [2.24, 2.45) is 5.92 Å². The second-order valence-electron chi connectivity index (χ2n) is 2.92. The summed E-state index contributed by atoms with van der Waals surface area (Å²) in [5.41, 5.74) is 1.35. The number of carbonyl (C=O) groups excluding carboxylic acids is 1. The molecule has 0 aromatic rings. The minimum atomic E-state index is 0.269. The summed E-state index contributed by atoms with van der Waals surface area (Å²) < 4.78 is 0. The summed E-state index contributed by atoms with van der Waals surface area (Å²) in [4.78, 5) is 11.1. The van der Waals surface area contributed by atoms with E-state index in [-0.39, 0.29) is 5.92 Å². The number of hydrogen-bond acceptors (Lipinski definition) is 1. The van der Waals surface area contributed by atoms with Crippen LogP contribution < -0.4 is 0 Å². The van der Waals surface area contributed by atoms with Gasteiger partial charge in [-0.25, -0.2) is 0 Å². The van der Waals surface area contributed by atoms with Gasteiger partial charge in [0.05, 0.1) is 0 Å². The molecule has 1 fully saturated rings. The summed E-state index contributed by atoms with van der Waals surface area (Å²) >= 11 is 0. The zero-order valence-electron chi connectivity index (χ0n) is 5.84. The van der Waals surface area contributed by atoms with Crippen molar-refractivity contribution in [3.63, 3.8) is 0 Å². The largest absolute Gasteiger partial charge is 0.299 e. The van der Waals surface area contributed by atoms with Crippen molar-refractivity contribution in [3.8, 4) is 0 Å². The van der Waals surface area contributed by atoms with E-state index in [2.05, 4.69) is 18.2 Å². The van der Waals surface area contributed by atoms with Crippen LogP contribution in [0, 0.1) is 5.92 Å². The summed E-state index contributed by atoms with van der Waals surface area (Å²) in [5, 5.41) is 0. The maximum absolute atomic E-state index is 11.1. The SMILES string of the molecule is O=C1CCC2=CC=CCC12. The van der Waals surface area contributed by atoms with Crippen molar-refractivity contribution in [1.29, 1.82) is 0 Å². The van der Waals surface area contributed by atoms with Crippen LogP contribution in [0.2, 0.25) is 0 Å². The van der Waals surface area contributed by atoms with Crippen molar-refractivity contribution in [1.82, 2.24) is 0 Å². The normalized spacial score (nSPS) is 30.2. The van der Waals surface area contributed by atoms with E-state index >= 15 is 0 Å². The average molecular weight is 134 g/mol. The van der Waals surface area contributed by atoms with Crippen LogP contribution in [0.15, 0.2) is 23.8 Å². The fourth-order valence-corrected chi connectivity index (χ4v) is 1.71. The minimum absolute atomic E-state index is 0.269. The molecule has 1 nitrogen and oxygen atoms in total. The van der Waals surface area contributed by atoms with Gasteiger partial charge in [0.15, 0.2) is 0 Å². The van der Waals surface area contributed by atoms with Gasteiger partial charge in [-0.05, 0) is 12.8 Å². The molecule has 0 aromatic carbocycles. The molecule has 1 saturated carbocycles. The van der Waals surface area contributed by atoms with Crippen LogP contribution >= 0.6 is 0 Å². The summed E-state index contributed by atoms with van der Waals surface area (Å²) in [6.07, 6.45) is 8.97. The standard InChI is InChI=1S/C9H10O/c10-9-6-5-7-3-1-2-4-8(7)9/h1-3,8H,4-6H2. The summed E-state index contributed by atoms with van der Waals surface area (Å²) in [7, 11) is 0. The number of ketones is 1. The molecule has 0 amide bonds. The first kappa shape index (κ1) is 5.90. The number of allylic oxidation sites excluding steroid dienone is 4. The molecule has 0 bridgehead atoms.